The van der Waals surface area contributed by atoms with Gasteiger partial charge in [0.25, 0.3) is 5.79 Å². The van der Waals surface area contributed by atoms with Gasteiger partial charge < -0.3 is 0 Å². The topological polar surface area (TPSA) is 42.1 Å². The van der Waals surface area contributed by atoms with E-state index in [0.717, 1.165) is 6.42 Å². The first-order valence-corrected chi connectivity index (χ1v) is 4.38. The minimum Gasteiger partial charge on any atom is -0.293 e. The summed E-state index contributed by atoms with van der Waals surface area (Å²) >= 11 is 0. The van der Waals surface area contributed by atoms with Crippen molar-refractivity contribution in [1.82, 2.24) is 0 Å². The van der Waals surface area contributed by atoms with Gasteiger partial charge in [0.15, 0.2) is 5.78 Å². The molecule has 0 aromatic carbocycles. The molecule has 1 spiro atoms. The predicted molar refractivity (Wildman–Crippen MR) is 42.1 cm³/mol. The van der Waals surface area contributed by atoms with E-state index in [1.165, 1.54) is 0 Å². The third kappa shape index (κ3) is 0.866. The fourth-order valence-electron chi connectivity index (χ4n) is 2.27. The Morgan fingerprint density at radius 3 is 2.42 bits per heavy atom. The number of carbonyl (C=O) groups excluding carboxylic acids is 1. The summed E-state index contributed by atoms with van der Waals surface area (Å²) in [6.45, 7) is 6.13. The summed E-state index contributed by atoms with van der Waals surface area (Å²) in [5.74, 6) is -0.323. The van der Waals surface area contributed by atoms with Crippen LogP contribution in [-0.2, 0) is 14.6 Å². The summed E-state index contributed by atoms with van der Waals surface area (Å²) in [6, 6.07) is 0. The Bertz CT molecular complexity index is 228. The highest BCUT2D eigenvalue weighted by Crippen LogP contribution is 2.54. The molecule has 0 aromatic heterocycles. The molecular formula is C9H14O3. The van der Waals surface area contributed by atoms with Gasteiger partial charge in [-0.1, -0.05) is 20.8 Å². The second-order valence-electron chi connectivity index (χ2n) is 4.60. The standard InChI is InChI=1S/C9H14O3/c1-6-4-7(10)9(11-12-9)8(2,3)5-6/h6H,4-5H2,1-3H3. The van der Waals surface area contributed by atoms with Crippen LogP contribution >= 0.6 is 0 Å². The fourth-order valence-corrected chi connectivity index (χ4v) is 2.27. The Hall–Kier alpha value is -0.410. The largest absolute Gasteiger partial charge is 0.296 e. The minimum atomic E-state index is -0.875. The third-order valence-electron chi connectivity index (χ3n) is 2.90. The van der Waals surface area contributed by atoms with Gasteiger partial charge in [0, 0.05) is 11.8 Å². The zero-order chi connectivity index (χ0) is 8.98. The lowest BCUT2D eigenvalue weighted by Gasteiger charge is -2.34. The molecule has 1 aliphatic heterocycles. The molecule has 1 atom stereocenters. The lowest BCUT2D eigenvalue weighted by atomic mass is 9.68. The zero-order valence-corrected chi connectivity index (χ0v) is 7.72. The Morgan fingerprint density at radius 1 is 1.42 bits per heavy atom. The van der Waals surface area contributed by atoms with Crippen molar-refractivity contribution in [2.24, 2.45) is 11.3 Å². The second kappa shape index (κ2) is 2.09. The van der Waals surface area contributed by atoms with Gasteiger partial charge in [-0.3, -0.25) is 4.79 Å². The fraction of sp³-hybridized carbons (Fsp3) is 0.889. The number of hydrogen-bond donors (Lipinski definition) is 0. The summed E-state index contributed by atoms with van der Waals surface area (Å²) in [4.78, 5) is 21.3. The van der Waals surface area contributed by atoms with Crippen molar-refractivity contribution in [1.29, 1.82) is 0 Å². The molecule has 1 aliphatic carbocycles. The van der Waals surface area contributed by atoms with Crippen LogP contribution in [0, 0.1) is 11.3 Å². The molecule has 0 amide bonds. The molecule has 0 N–H and O–H groups in total. The van der Waals surface area contributed by atoms with Crippen molar-refractivity contribution >= 4 is 5.78 Å². The van der Waals surface area contributed by atoms with Crippen molar-refractivity contribution in [3.63, 3.8) is 0 Å². The maximum absolute atomic E-state index is 11.6. The number of Topliss-reactive ketones (excluding diaryl/α,β-unsaturated/α-hetero) is 1. The smallest absolute Gasteiger partial charge is 0.293 e. The van der Waals surface area contributed by atoms with E-state index in [2.05, 4.69) is 6.92 Å². The molecular weight excluding hydrogens is 156 g/mol. The summed E-state index contributed by atoms with van der Waals surface area (Å²) in [5, 5.41) is 0. The second-order valence-corrected chi connectivity index (χ2v) is 4.60. The Balaban J connectivity index is 2.28. The van der Waals surface area contributed by atoms with Crippen LogP contribution in [0.5, 0.6) is 0 Å². The van der Waals surface area contributed by atoms with Crippen LogP contribution in [0.4, 0.5) is 0 Å². The highest BCUT2D eigenvalue weighted by molar-refractivity contribution is 5.89. The van der Waals surface area contributed by atoms with E-state index < -0.39 is 5.79 Å². The minimum absolute atomic E-state index is 0.103. The van der Waals surface area contributed by atoms with Crippen LogP contribution in [0.3, 0.4) is 0 Å². The normalized spacial score (nSPS) is 36.9. The molecule has 2 fully saturated rings. The predicted octanol–water partition coefficient (Wildman–Crippen LogP) is 1.67. The zero-order valence-electron chi connectivity index (χ0n) is 7.72. The molecule has 2 rings (SSSR count). The van der Waals surface area contributed by atoms with E-state index >= 15 is 0 Å². The highest BCUT2D eigenvalue weighted by atomic mass is 17.4. The molecule has 3 heteroatoms. The van der Waals surface area contributed by atoms with Gasteiger partial charge in [0.2, 0.25) is 0 Å². The molecule has 2 aliphatic rings. The monoisotopic (exact) mass is 170 g/mol. The molecule has 12 heavy (non-hydrogen) atoms. The van der Waals surface area contributed by atoms with E-state index in [1.807, 2.05) is 13.8 Å². The molecule has 3 nitrogen and oxygen atoms in total. The molecule has 1 saturated heterocycles. The average molecular weight is 170 g/mol. The highest BCUT2D eigenvalue weighted by Gasteiger charge is 2.68. The molecule has 1 heterocycles. The van der Waals surface area contributed by atoms with Crippen LogP contribution in [0.25, 0.3) is 0 Å². The van der Waals surface area contributed by atoms with Gasteiger partial charge in [-0.15, -0.1) is 0 Å². The Morgan fingerprint density at radius 2 is 2.00 bits per heavy atom. The van der Waals surface area contributed by atoms with Crippen molar-refractivity contribution in [3.8, 4) is 0 Å². The van der Waals surface area contributed by atoms with Crippen LogP contribution in [0.15, 0.2) is 0 Å². The number of ketones is 1. The van der Waals surface area contributed by atoms with E-state index in [-0.39, 0.29) is 11.2 Å². The molecule has 68 valence electrons. The van der Waals surface area contributed by atoms with E-state index in [9.17, 15) is 4.79 Å². The number of carbonyl (C=O) groups is 1. The first kappa shape index (κ1) is 8.20. The summed E-state index contributed by atoms with van der Waals surface area (Å²) in [5.41, 5.74) is -0.165. The molecule has 0 radical (unpaired) electrons. The van der Waals surface area contributed by atoms with Crippen molar-refractivity contribution in [2.45, 2.75) is 39.4 Å². The molecule has 1 unspecified atom stereocenters. The Kier molecular flexibility index (Phi) is 1.43. The van der Waals surface area contributed by atoms with E-state index in [1.54, 1.807) is 0 Å². The van der Waals surface area contributed by atoms with Crippen LogP contribution in [-0.4, -0.2) is 11.6 Å². The van der Waals surface area contributed by atoms with E-state index in [0.29, 0.717) is 12.3 Å². The maximum atomic E-state index is 11.6. The molecule has 0 aromatic rings. The molecule has 0 bridgehead atoms. The summed E-state index contributed by atoms with van der Waals surface area (Å²) in [7, 11) is 0. The molecule has 1 saturated carbocycles. The SMILES string of the molecule is CC1CC(=O)C2(OO2)C(C)(C)C1. The third-order valence-corrected chi connectivity index (χ3v) is 2.90. The van der Waals surface area contributed by atoms with Crippen molar-refractivity contribution < 1.29 is 14.6 Å². The first-order valence-electron chi connectivity index (χ1n) is 4.38. The maximum Gasteiger partial charge on any atom is 0.296 e. The Labute approximate surface area is 72.0 Å². The van der Waals surface area contributed by atoms with Gasteiger partial charge >= 0.3 is 0 Å². The van der Waals surface area contributed by atoms with Gasteiger partial charge in [0.1, 0.15) is 0 Å². The van der Waals surface area contributed by atoms with Gasteiger partial charge in [-0.25, -0.2) is 0 Å². The van der Waals surface area contributed by atoms with E-state index in [4.69, 9.17) is 9.78 Å². The lowest BCUT2D eigenvalue weighted by Crippen LogP contribution is -2.46. The lowest BCUT2D eigenvalue weighted by molar-refractivity contribution is -0.135. The quantitative estimate of drug-likeness (QED) is 0.410. The van der Waals surface area contributed by atoms with Crippen molar-refractivity contribution in [3.05, 3.63) is 0 Å². The van der Waals surface area contributed by atoms with Crippen LogP contribution in [0.2, 0.25) is 0 Å². The van der Waals surface area contributed by atoms with Crippen molar-refractivity contribution in [2.75, 3.05) is 0 Å². The summed E-state index contributed by atoms with van der Waals surface area (Å²) < 4.78 is 0. The number of rotatable bonds is 0. The van der Waals surface area contributed by atoms with Gasteiger partial charge in [-0.2, -0.15) is 9.78 Å². The van der Waals surface area contributed by atoms with Gasteiger partial charge in [-0.05, 0) is 12.3 Å². The number of hydrogen-bond acceptors (Lipinski definition) is 3. The summed E-state index contributed by atoms with van der Waals surface area (Å²) in [6.07, 6.45) is 1.57. The van der Waals surface area contributed by atoms with Gasteiger partial charge in [0.05, 0.1) is 0 Å². The first-order chi connectivity index (χ1) is 5.48. The van der Waals surface area contributed by atoms with Crippen LogP contribution in [0.1, 0.15) is 33.6 Å². The average Bonchev–Trinajstić information content (AvgIpc) is 2.60. The van der Waals surface area contributed by atoms with Crippen LogP contribution < -0.4 is 0 Å².